The Hall–Kier alpha value is -1.95. The summed E-state index contributed by atoms with van der Waals surface area (Å²) >= 11 is 0. The second kappa shape index (κ2) is 9.37. The average Bonchev–Trinajstić information content (AvgIpc) is 2.58. The van der Waals surface area contributed by atoms with Crippen molar-refractivity contribution in [3.8, 4) is 0 Å². The van der Waals surface area contributed by atoms with Crippen LogP contribution in [0.5, 0.6) is 0 Å². The van der Waals surface area contributed by atoms with Gasteiger partial charge in [-0.3, -0.25) is 14.6 Å². The third-order valence-corrected chi connectivity index (χ3v) is 4.09. The highest BCUT2D eigenvalue weighted by Crippen LogP contribution is 2.18. The van der Waals surface area contributed by atoms with E-state index in [1.54, 1.807) is 11.1 Å². The third kappa shape index (κ3) is 5.92. The molecular weight excluding hydrogens is 306 g/mol. The summed E-state index contributed by atoms with van der Waals surface area (Å²) in [5.74, 6) is 0.00120. The zero-order valence-electron chi connectivity index (χ0n) is 14.5. The maximum Gasteiger partial charge on any atom is 0.224 e. The first-order valence-corrected chi connectivity index (χ1v) is 8.63. The minimum absolute atomic E-state index is 0.0118. The summed E-state index contributed by atoms with van der Waals surface area (Å²) in [6.45, 7) is 6.05. The van der Waals surface area contributed by atoms with Gasteiger partial charge in [0.25, 0.3) is 0 Å². The van der Waals surface area contributed by atoms with E-state index >= 15 is 0 Å². The van der Waals surface area contributed by atoms with Crippen LogP contribution in [0.25, 0.3) is 0 Å². The highest BCUT2D eigenvalue weighted by molar-refractivity contribution is 5.83. The lowest BCUT2D eigenvalue weighted by Crippen LogP contribution is -2.46. The summed E-state index contributed by atoms with van der Waals surface area (Å²) in [6.07, 6.45) is 3.68. The van der Waals surface area contributed by atoms with Gasteiger partial charge in [-0.25, -0.2) is 0 Å². The number of rotatable bonds is 8. The van der Waals surface area contributed by atoms with E-state index in [0.717, 1.165) is 5.69 Å². The molecule has 2 amide bonds. The van der Waals surface area contributed by atoms with Crippen molar-refractivity contribution in [1.82, 2.24) is 15.2 Å². The Morgan fingerprint density at radius 3 is 3.00 bits per heavy atom. The summed E-state index contributed by atoms with van der Waals surface area (Å²) in [5.41, 5.74) is 0.961. The lowest BCUT2D eigenvalue weighted by molar-refractivity contribution is -0.138. The molecule has 0 saturated carbocycles. The molecular formula is C18H27N3O3. The number of aromatic nitrogens is 1. The molecule has 1 aromatic heterocycles. The Kier molecular flexibility index (Phi) is 7.18. The fraction of sp³-hybridized carbons (Fsp3) is 0.611. The van der Waals surface area contributed by atoms with E-state index in [-0.39, 0.29) is 23.8 Å². The van der Waals surface area contributed by atoms with E-state index in [9.17, 15) is 9.59 Å². The molecule has 6 heteroatoms. The van der Waals surface area contributed by atoms with Crippen molar-refractivity contribution in [2.24, 2.45) is 5.92 Å². The Morgan fingerprint density at radius 2 is 2.29 bits per heavy atom. The van der Waals surface area contributed by atoms with Crippen LogP contribution in [0.3, 0.4) is 0 Å². The first kappa shape index (κ1) is 18.4. The molecule has 1 unspecified atom stereocenters. The quantitative estimate of drug-likeness (QED) is 0.730. The van der Waals surface area contributed by atoms with Gasteiger partial charge in [0.15, 0.2) is 0 Å². The molecule has 132 valence electrons. The number of likely N-dealkylation sites (tertiary alicyclic amines) is 1. The maximum atomic E-state index is 12.3. The van der Waals surface area contributed by atoms with Crippen molar-refractivity contribution in [3.05, 3.63) is 30.1 Å². The Labute approximate surface area is 143 Å². The number of ether oxygens (including phenoxy) is 1. The van der Waals surface area contributed by atoms with Gasteiger partial charge in [0.05, 0.1) is 18.6 Å². The van der Waals surface area contributed by atoms with Crippen LogP contribution in [0.2, 0.25) is 0 Å². The highest BCUT2D eigenvalue weighted by Gasteiger charge is 2.29. The molecule has 2 heterocycles. The van der Waals surface area contributed by atoms with Crippen LogP contribution in [-0.2, 0) is 20.7 Å². The van der Waals surface area contributed by atoms with Gasteiger partial charge in [-0.2, -0.15) is 0 Å². The average molecular weight is 333 g/mol. The molecule has 1 saturated heterocycles. The second-order valence-corrected chi connectivity index (χ2v) is 6.36. The van der Waals surface area contributed by atoms with Crippen LogP contribution in [0.1, 0.15) is 32.4 Å². The van der Waals surface area contributed by atoms with E-state index in [1.807, 2.05) is 32.0 Å². The SMILES string of the molecule is CC(C)OCCNC(=O)C1CCC(=O)N(CCc2ccccn2)C1. The van der Waals surface area contributed by atoms with Crippen molar-refractivity contribution in [2.45, 2.75) is 39.2 Å². The fourth-order valence-electron chi connectivity index (χ4n) is 2.75. The van der Waals surface area contributed by atoms with Gasteiger partial charge in [-0.15, -0.1) is 0 Å². The van der Waals surface area contributed by atoms with Crippen LogP contribution < -0.4 is 5.32 Å². The fourth-order valence-corrected chi connectivity index (χ4v) is 2.75. The van der Waals surface area contributed by atoms with Crippen molar-refractivity contribution >= 4 is 11.8 Å². The molecule has 2 rings (SSSR count). The standard InChI is InChI=1S/C18H27N3O3/c1-14(2)24-12-10-20-18(23)15-6-7-17(22)21(13-15)11-8-16-5-3-4-9-19-16/h3-5,9,14-15H,6-8,10-13H2,1-2H3,(H,20,23). The lowest BCUT2D eigenvalue weighted by Gasteiger charge is -2.32. The summed E-state index contributed by atoms with van der Waals surface area (Å²) in [6, 6.07) is 5.77. The first-order valence-electron chi connectivity index (χ1n) is 8.63. The zero-order chi connectivity index (χ0) is 17.4. The number of pyridine rings is 1. The molecule has 1 atom stereocenters. The second-order valence-electron chi connectivity index (χ2n) is 6.36. The molecule has 24 heavy (non-hydrogen) atoms. The van der Waals surface area contributed by atoms with Crippen molar-refractivity contribution in [1.29, 1.82) is 0 Å². The summed E-state index contributed by atoms with van der Waals surface area (Å²) in [4.78, 5) is 30.4. The smallest absolute Gasteiger partial charge is 0.224 e. The number of hydrogen-bond donors (Lipinski definition) is 1. The minimum atomic E-state index is -0.134. The van der Waals surface area contributed by atoms with E-state index in [1.165, 1.54) is 0 Å². The molecule has 1 fully saturated rings. The van der Waals surface area contributed by atoms with Gasteiger partial charge in [0, 0.05) is 44.4 Å². The van der Waals surface area contributed by atoms with E-state index in [4.69, 9.17) is 4.74 Å². The van der Waals surface area contributed by atoms with Gasteiger partial charge in [0.1, 0.15) is 0 Å². The van der Waals surface area contributed by atoms with Gasteiger partial charge in [0.2, 0.25) is 11.8 Å². The predicted octanol–water partition coefficient (Wildman–Crippen LogP) is 1.40. The van der Waals surface area contributed by atoms with Crippen LogP contribution in [0, 0.1) is 5.92 Å². The molecule has 0 spiro atoms. The highest BCUT2D eigenvalue weighted by atomic mass is 16.5. The topological polar surface area (TPSA) is 71.5 Å². The normalized spacial score (nSPS) is 18.0. The molecule has 1 aromatic rings. The summed E-state index contributed by atoms with van der Waals surface area (Å²) < 4.78 is 5.42. The van der Waals surface area contributed by atoms with Gasteiger partial charge in [-0.05, 0) is 32.4 Å². The number of nitrogens with one attached hydrogen (secondary N) is 1. The number of piperidine rings is 1. The predicted molar refractivity (Wildman–Crippen MR) is 91.3 cm³/mol. The number of amides is 2. The van der Waals surface area contributed by atoms with Crippen LogP contribution in [0.4, 0.5) is 0 Å². The molecule has 0 aliphatic carbocycles. The number of nitrogens with zero attached hydrogens (tertiary/aromatic N) is 2. The Balaban J connectivity index is 1.77. The van der Waals surface area contributed by atoms with Crippen molar-refractivity contribution in [3.63, 3.8) is 0 Å². The number of carbonyl (C=O) groups is 2. The summed E-state index contributed by atoms with van der Waals surface area (Å²) in [5, 5.41) is 2.90. The van der Waals surface area contributed by atoms with Crippen LogP contribution in [-0.4, -0.2) is 54.0 Å². The number of carbonyl (C=O) groups excluding carboxylic acids is 2. The number of hydrogen-bond acceptors (Lipinski definition) is 4. The maximum absolute atomic E-state index is 12.3. The molecule has 1 N–H and O–H groups in total. The van der Waals surface area contributed by atoms with Crippen molar-refractivity contribution in [2.75, 3.05) is 26.2 Å². The molecule has 0 aromatic carbocycles. The van der Waals surface area contributed by atoms with E-state index in [0.29, 0.717) is 45.5 Å². The van der Waals surface area contributed by atoms with Crippen LogP contribution >= 0.6 is 0 Å². The van der Waals surface area contributed by atoms with Crippen LogP contribution in [0.15, 0.2) is 24.4 Å². The minimum Gasteiger partial charge on any atom is -0.377 e. The van der Waals surface area contributed by atoms with Gasteiger partial charge < -0.3 is 15.0 Å². The molecule has 1 aliphatic rings. The molecule has 0 radical (unpaired) electrons. The zero-order valence-corrected chi connectivity index (χ0v) is 14.5. The molecule has 0 bridgehead atoms. The third-order valence-electron chi connectivity index (χ3n) is 4.09. The summed E-state index contributed by atoms with van der Waals surface area (Å²) in [7, 11) is 0. The monoisotopic (exact) mass is 333 g/mol. The molecule has 1 aliphatic heterocycles. The van der Waals surface area contributed by atoms with E-state index < -0.39 is 0 Å². The lowest BCUT2D eigenvalue weighted by atomic mass is 9.96. The van der Waals surface area contributed by atoms with E-state index in [2.05, 4.69) is 10.3 Å². The van der Waals surface area contributed by atoms with Crippen molar-refractivity contribution < 1.29 is 14.3 Å². The molecule has 6 nitrogen and oxygen atoms in total. The Morgan fingerprint density at radius 1 is 1.46 bits per heavy atom. The van der Waals surface area contributed by atoms with Gasteiger partial charge >= 0.3 is 0 Å². The largest absolute Gasteiger partial charge is 0.377 e. The first-order chi connectivity index (χ1) is 11.6. The van der Waals surface area contributed by atoms with Gasteiger partial charge in [-0.1, -0.05) is 6.07 Å². The Bertz CT molecular complexity index is 534.